The van der Waals surface area contributed by atoms with Gasteiger partial charge in [0.05, 0.1) is 24.1 Å². The molecule has 2 aromatic rings. The number of benzene rings is 1. The summed E-state index contributed by atoms with van der Waals surface area (Å²) in [6, 6.07) is 7.90. The molecule has 0 saturated carbocycles. The van der Waals surface area contributed by atoms with Gasteiger partial charge in [0.2, 0.25) is 5.91 Å². The highest BCUT2D eigenvalue weighted by molar-refractivity contribution is 6.10. The first kappa shape index (κ1) is 18.1. The fraction of sp³-hybridized carbons (Fsp3) is 0.350. The van der Waals surface area contributed by atoms with Gasteiger partial charge < -0.3 is 24.9 Å². The first-order chi connectivity index (χ1) is 13.4. The van der Waals surface area contributed by atoms with Gasteiger partial charge in [0.25, 0.3) is 5.91 Å². The van der Waals surface area contributed by atoms with Gasteiger partial charge in [-0.15, -0.1) is 0 Å². The molecule has 2 aliphatic rings. The van der Waals surface area contributed by atoms with Crippen molar-refractivity contribution >= 4 is 23.5 Å². The molecule has 0 unspecified atom stereocenters. The summed E-state index contributed by atoms with van der Waals surface area (Å²) >= 11 is 0. The molecule has 0 spiro atoms. The van der Waals surface area contributed by atoms with E-state index in [1.807, 2.05) is 19.9 Å². The summed E-state index contributed by atoms with van der Waals surface area (Å²) in [6.45, 7) is 4.59. The Morgan fingerprint density at radius 3 is 2.79 bits per heavy atom. The number of nitrogens with zero attached hydrogens (tertiary/aromatic N) is 2. The Kier molecular flexibility index (Phi) is 4.54. The van der Waals surface area contributed by atoms with Gasteiger partial charge in [0.15, 0.2) is 0 Å². The molecule has 1 atom stereocenters. The van der Waals surface area contributed by atoms with Crippen LogP contribution in [-0.2, 0) is 4.79 Å². The molecular weight excluding hydrogens is 360 g/mol. The summed E-state index contributed by atoms with van der Waals surface area (Å²) in [6.07, 6.45) is 1.57. The molecule has 1 fully saturated rings. The van der Waals surface area contributed by atoms with E-state index in [2.05, 4.69) is 10.6 Å². The summed E-state index contributed by atoms with van der Waals surface area (Å²) in [5, 5.41) is 5.67. The fourth-order valence-corrected chi connectivity index (χ4v) is 3.57. The lowest BCUT2D eigenvalue weighted by Crippen LogP contribution is -2.61. The Bertz CT molecular complexity index is 922. The molecule has 146 valence electrons. The number of nitrogens with one attached hydrogen (secondary N) is 2. The average Bonchev–Trinajstić information content (AvgIpc) is 3.18. The lowest BCUT2D eigenvalue weighted by atomic mass is 10.1. The highest BCUT2D eigenvalue weighted by Crippen LogP contribution is 2.30. The van der Waals surface area contributed by atoms with E-state index < -0.39 is 6.04 Å². The zero-order chi connectivity index (χ0) is 19.8. The molecule has 8 nitrogen and oxygen atoms in total. The quantitative estimate of drug-likeness (QED) is 0.832. The van der Waals surface area contributed by atoms with Gasteiger partial charge in [-0.3, -0.25) is 9.59 Å². The van der Waals surface area contributed by atoms with Crippen molar-refractivity contribution in [1.29, 1.82) is 0 Å². The van der Waals surface area contributed by atoms with Crippen LogP contribution in [0.4, 0.5) is 10.5 Å². The number of piperazine rings is 1. The summed E-state index contributed by atoms with van der Waals surface area (Å²) in [5.74, 6) is 0.133. The van der Waals surface area contributed by atoms with Crippen molar-refractivity contribution < 1.29 is 18.8 Å². The Labute approximate surface area is 162 Å². The van der Waals surface area contributed by atoms with Crippen LogP contribution in [0, 0.1) is 0 Å². The maximum atomic E-state index is 13.2. The normalized spacial score (nSPS) is 19.0. The van der Waals surface area contributed by atoms with Crippen molar-refractivity contribution in [2.75, 3.05) is 25.0 Å². The Hall–Kier alpha value is -3.29. The molecule has 1 aromatic carbocycles. The number of amides is 4. The van der Waals surface area contributed by atoms with Crippen molar-refractivity contribution in [3.63, 3.8) is 0 Å². The lowest BCUT2D eigenvalue weighted by Gasteiger charge is -2.39. The van der Waals surface area contributed by atoms with E-state index >= 15 is 0 Å². The second kappa shape index (κ2) is 7.03. The van der Waals surface area contributed by atoms with Gasteiger partial charge in [0, 0.05) is 24.7 Å². The minimum atomic E-state index is -0.723. The molecule has 2 N–H and O–H groups in total. The van der Waals surface area contributed by atoms with Gasteiger partial charge in [0.1, 0.15) is 11.8 Å². The van der Waals surface area contributed by atoms with Gasteiger partial charge in [-0.05, 0) is 44.2 Å². The zero-order valence-electron chi connectivity index (χ0n) is 15.8. The maximum absolute atomic E-state index is 13.2. The van der Waals surface area contributed by atoms with Gasteiger partial charge >= 0.3 is 6.03 Å². The number of fused-ring (bicyclic) bond motifs is 2. The van der Waals surface area contributed by atoms with Crippen molar-refractivity contribution in [2.45, 2.75) is 25.9 Å². The van der Waals surface area contributed by atoms with E-state index in [9.17, 15) is 14.4 Å². The lowest BCUT2D eigenvalue weighted by molar-refractivity contribution is -0.121. The summed E-state index contributed by atoms with van der Waals surface area (Å²) in [5.41, 5.74) is 1.66. The third-order valence-electron chi connectivity index (χ3n) is 4.96. The van der Waals surface area contributed by atoms with Crippen LogP contribution >= 0.6 is 0 Å². The molecule has 28 heavy (non-hydrogen) atoms. The molecule has 3 heterocycles. The summed E-state index contributed by atoms with van der Waals surface area (Å²) < 4.78 is 5.41. The minimum Gasteiger partial charge on any atom is -0.464 e. The van der Waals surface area contributed by atoms with Gasteiger partial charge in [-0.2, -0.15) is 0 Å². The Balaban J connectivity index is 1.62. The Morgan fingerprint density at radius 2 is 2.07 bits per heavy atom. The van der Waals surface area contributed by atoms with Crippen LogP contribution in [-0.4, -0.2) is 59.4 Å². The largest absolute Gasteiger partial charge is 0.464 e. The molecular formula is C20H22N4O4. The van der Waals surface area contributed by atoms with Crippen LogP contribution in [0.15, 0.2) is 41.0 Å². The monoisotopic (exact) mass is 382 g/mol. The van der Waals surface area contributed by atoms with Crippen molar-refractivity contribution in [3.8, 4) is 11.3 Å². The first-order valence-electron chi connectivity index (χ1n) is 9.29. The number of carbonyl (C=O) groups excluding carboxylic acids is 3. The van der Waals surface area contributed by atoms with Crippen LogP contribution in [0.1, 0.15) is 24.2 Å². The number of anilines is 1. The summed E-state index contributed by atoms with van der Waals surface area (Å²) in [4.78, 5) is 41.4. The van der Waals surface area contributed by atoms with E-state index in [0.29, 0.717) is 30.1 Å². The standard InChI is InChI=1S/C20H22N4O4/c1-12(2)21-20(27)23-7-8-24-16(11-23)18(25)22-15-6-5-13(10-14(15)19(24)26)17-4-3-9-28-17/h3-6,9-10,12,16H,7-8,11H2,1-2H3,(H,21,27)(H,22,25)/t16-/m1/s1. The van der Waals surface area contributed by atoms with Crippen molar-refractivity contribution in [3.05, 3.63) is 42.2 Å². The number of carbonyl (C=O) groups is 3. The van der Waals surface area contributed by atoms with E-state index in [0.717, 1.165) is 5.56 Å². The molecule has 0 aliphatic carbocycles. The molecule has 8 heteroatoms. The average molecular weight is 382 g/mol. The first-order valence-corrected chi connectivity index (χ1v) is 9.29. The SMILES string of the molecule is CC(C)NC(=O)N1CCN2C(=O)c3cc(-c4ccco4)ccc3NC(=O)[C@H]2C1. The van der Waals surface area contributed by atoms with E-state index in [4.69, 9.17) is 4.42 Å². The second-order valence-corrected chi connectivity index (χ2v) is 7.29. The zero-order valence-corrected chi connectivity index (χ0v) is 15.8. The van der Waals surface area contributed by atoms with Crippen molar-refractivity contribution in [1.82, 2.24) is 15.1 Å². The van der Waals surface area contributed by atoms with Crippen LogP contribution in [0.3, 0.4) is 0 Å². The smallest absolute Gasteiger partial charge is 0.317 e. The molecule has 4 rings (SSSR count). The third kappa shape index (κ3) is 3.21. The van der Waals surface area contributed by atoms with Crippen LogP contribution in [0.25, 0.3) is 11.3 Å². The molecule has 0 radical (unpaired) electrons. The van der Waals surface area contributed by atoms with Crippen LogP contribution < -0.4 is 10.6 Å². The number of hydrogen-bond acceptors (Lipinski definition) is 4. The fourth-order valence-electron chi connectivity index (χ4n) is 3.57. The highest BCUT2D eigenvalue weighted by atomic mass is 16.3. The van der Waals surface area contributed by atoms with Gasteiger partial charge in [-0.1, -0.05) is 0 Å². The van der Waals surface area contributed by atoms with E-state index in [1.165, 1.54) is 0 Å². The van der Waals surface area contributed by atoms with Crippen LogP contribution in [0.5, 0.6) is 0 Å². The third-order valence-corrected chi connectivity index (χ3v) is 4.96. The maximum Gasteiger partial charge on any atom is 0.317 e. The number of hydrogen-bond donors (Lipinski definition) is 2. The van der Waals surface area contributed by atoms with Crippen molar-refractivity contribution in [2.24, 2.45) is 0 Å². The number of furan rings is 1. The van der Waals surface area contributed by atoms with E-state index in [-0.39, 0.29) is 30.4 Å². The van der Waals surface area contributed by atoms with Crippen LogP contribution in [0.2, 0.25) is 0 Å². The predicted molar refractivity (Wildman–Crippen MR) is 103 cm³/mol. The Morgan fingerprint density at radius 1 is 1.25 bits per heavy atom. The highest BCUT2D eigenvalue weighted by Gasteiger charge is 2.40. The van der Waals surface area contributed by atoms with Gasteiger partial charge in [-0.25, -0.2) is 4.79 Å². The molecule has 1 aromatic heterocycles. The molecule has 2 aliphatic heterocycles. The molecule has 1 saturated heterocycles. The molecule has 0 bridgehead atoms. The molecule has 4 amide bonds. The minimum absolute atomic E-state index is 0.000557. The summed E-state index contributed by atoms with van der Waals surface area (Å²) in [7, 11) is 0. The topological polar surface area (TPSA) is 94.9 Å². The predicted octanol–water partition coefficient (Wildman–Crippen LogP) is 2.14. The number of rotatable bonds is 2. The second-order valence-electron chi connectivity index (χ2n) is 7.29. The number of urea groups is 1. The van der Waals surface area contributed by atoms with E-state index in [1.54, 1.807) is 40.3 Å².